The number of halogens is 2. The Morgan fingerprint density at radius 3 is 2.54 bits per heavy atom. The molecule has 0 aliphatic carbocycles. The average molecular weight is 342 g/mol. The SMILES string of the molecule is Cc1cc(Cl)ccc1NC(=O)c1cnc(-c2cccc(F)c2)nc1. The highest BCUT2D eigenvalue weighted by atomic mass is 35.5. The maximum atomic E-state index is 13.2. The second kappa shape index (κ2) is 6.76. The van der Waals surface area contributed by atoms with Crippen LogP contribution in [0, 0.1) is 12.7 Å². The fourth-order valence-electron chi connectivity index (χ4n) is 2.18. The van der Waals surface area contributed by atoms with Gasteiger partial charge < -0.3 is 5.32 Å². The number of nitrogens with zero attached hydrogens (tertiary/aromatic N) is 2. The fourth-order valence-corrected chi connectivity index (χ4v) is 2.41. The van der Waals surface area contributed by atoms with Crippen LogP contribution in [-0.4, -0.2) is 15.9 Å². The summed E-state index contributed by atoms with van der Waals surface area (Å²) in [5.41, 5.74) is 2.38. The molecular weight excluding hydrogens is 329 g/mol. The van der Waals surface area contributed by atoms with Gasteiger partial charge in [0.15, 0.2) is 5.82 Å². The van der Waals surface area contributed by atoms with Crippen molar-refractivity contribution in [1.82, 2.24) is 9.97 Å². The molecule has 0 bridgehead atoms. The zero-order valence-corrected chi connectivity index (χ0v) is 13.5. The molecular formula is C18H13ClFN3O. The lowest BCUT2D eigenvalue weighted by Gasteiger charge is -2.08. The average Bonchev–Trinajstić information content (AvgIpc) is 2.57. The topological polar surface area (TPSA) is 54.9 Å². The van der Waals surface area contributed by atoms with Crippen molar-refractivity contribution in [2.24, 2.45) is 0 Å². The fraction of sp³-hybridized carbons (Fsp3) is 0.0556. The number of nitrogens with one attached hydrogen (secondary N) is 1. The lowest BCUT2D eigenvalue weighted by molar-refractivity contribution is 0.102. The minimum atomic E-state index is -0.365. The van der Waals surface area contributed by atoms with E-state index in [2.05, 4.69) is 15.3 Å². The Balaban J connectivity index is 1.79. The summed E-state index contributed by atoms with van der Waals surface area (Å²) in [5.74, 6) is -0.337. The number of hydrogen-bond donors (Lipinski definition) is 1. The molecule has 1 heterocycles. The van der Waals surface area contributed by atoms with Gasteiger partial charge in [-0.3, -0.25) is 4.79 Å². The van der Waals surface area contributed by atoms with Crippen molar-refractivity contribution in [1.29, 1.82) is 0 Å². The van der Waals surface area contributed by atoms with Crippen LogP contribution in [0.1, 0.15) is 15.9 Å². The highest BCUT2D eigenvalue weighted by molar-refractivity contribution is 6.30. The Hall–Kier alpha value is -2.79. The largest absolute Gasteiger partial charge is 0.322 e. The van der Waals surface area contributed by atoms with Gasteiger partial charge >= 0.3 is 0 Å². The van der Waals surface area contributed by atoms with Crippen molar-refractivity contribution in [2.75, 3.05) is 5.32 Å². The first-order chi connectivity index (χ1) is 11.5. The van der Waals surface area contributed by atoms with E-state index < -0.39 is 0 Å². The number of aryl methyl sites for hydroxylation is 1. The Kier molecular flexibility index (Phi) is 4.53. The zero-order valence-electron chi connectivity index (χ0n) is 12.8. The number of hydrogen-bond acceptors (Lipinski definition) is 3. The summed E-state index contributed by atoms with van der Waals surface area (Å²) in [4.78, 5) is 20.5. The van der Waals surface area contributed by atoms with E-state index in [0.29, 0.717) is 27.7 Å². The Labute approximate surface area is 143 Å². The van der Waals surface area contributed by atoms with Crippen molar-refractivity contribution in [3.8, 4) is 11.4 Å². The third-order valence-electron chi connectivity index (χ3n) is 3.43. The summed E-state index contributed by atoms with van der Waals surface area (Å²) < 4.78 is 13.2. The number of carbonyl (C=O) groups excluding carboxylic acids is 1. The number of amides is 1. The third-order valence-corrected chi connectivity index (χ3v) is 3.67. The van der Waals surface area contributed by atoms with Crippen LogP contribution in [-0.2, 0) is 0 Å². The molecule has 24 heavy (non-hydrogen) atoms. The maximum absolute atomic E-state index is 13.2. The lowest BCUT2D eigenvalue weighted by atomic mass is 10.2. The van der Waals surface area contributed by atoms with Crippen molar-refractivity contribution < 1.29 is 9.18 Å². The first-order valence-corrected chi connectivity index (χ1v) is 7.56. The van der Waals surface area contributed by atoms with Crippen LogP contribution < -0.4 is 5.32 Å². The van der Waals surface area contributed by atoms with Crippen LogP contribution in [0.25, 0.3) is 11.4 Å². The van der Waals surface area contributed by atoms with Gasteiger partial charge in [-0.25, -0.2) is 14.4 Å². The van der Waals surface area contributed by atoms with Gasteiger partial charge in [-0.05, 0) is 42.8 Å². The number of aromatic nitrogens is 2. The minimum absolute atomic E-state index is 0.310. The van der Waals surface area contributed by atoms with Crippen LogP contribution in [0.15, 0.2) is 54.9 Å². The zero-order chi connectivity index (χ0) is 17.1. The number of anilines is 1. The van der Waals surface area contributed by atoms with E-state index in [-0.39, 0.29) is 11.7 Å². The van der Waals surface area contributed by atoms with Gasteiger partial charge in [-0.1, -0.05) is 23.7 Å². The van der Waals surface area contributed by atoms with Crippen molar-refractivity contribution >= 4 is 23.2 Å². The lowest BCUT2D eigenvalue weighted by Crippen LogP contribution is -2.13. The first kappa shape index (κ1) is 16.1. The van der Waals surface area contributed by atoms with E-state index in [9.17, 15) is 9.18 Å². The predicted molar refractivity (Wildman–Crippen MR) is 91.6 cm³/mol. The molecule has 0 spiro atoms. The van der Waals surface area contributed by atoms with E-state index in [0.717, 1.165) is 5.56 Å². The first-order valence-electron chi connectivity index (χ1n) is 7.18. The molecule has 0 unspecified atom stereocenters. The van der Waals surface area contributed by atoms with E-state index in [1.807, 2.05) is 6.92 Å². The van der Waals surface area contributed by atoms with Gasteiger partial charge in [-0.15, -0.1) is 0 Å². The van der Waals surface area contributed by atoms with Gasteiger partial charge in [0.1, 0.15) is 5.82 Å². The van der Waals surface area contributed by atoms with Crippen LogP contribution in [0.5, 0.6) is 0 Å². The van der Waals surface area contributed by atoms with E-state index in [1.54, 1.807) is 30.3 Å². The summed E-state index contributed by atoms with van der Waals surface area (Å²) in [6.45, 7) is 1.85. The summed E-state index contributed by atoms with van der Waals surface area (Å²) >= 11 is 5.90. The Morgan fingerprint density at radius 2 is 1.88 bits per heavy atom. The van der Waals surface area contributed by atoms with Gasteiger partial charge in [0, 0.05) is 28.7 Å². The molecule has 3 aromatic rings. The smallest absolute Gasteiger partial charge is 0.258 e. The van der Waals surface area contributed by atoms with Gasteiger partial charge in [0.2, 0.25) is 0 Å². The molecule has 1 amide bonds. The van der Waals surface area contributed by atoms with E-state index in [1.165, 1.54) is 24.5 Å². The molecule has 0 aliphatic rings. The predicted octanol–water partition coefficient (Wildman–Crippen LogP) is 4.50. The molecule has 0 fully saturated rings. The number of rotatable bonds is 3. The van der Waals surface area contributed by atoms with Gasteiger partial charge in [0.05, 0.1) is 5.56 Å². The van der Waals surface area contributed by atoms with Crippen molar-refractivity contribution in [3.63, 3.8) is 0 Å². The standard InChI is InChI=1S/C18H13ClFN3O/c1-11-7-14(19)5-6-16(11)23-18(24)13-9-21-17(22-10-13)12-3-2-4-15(20)8-12/h2-10H,1H3,(H,23,24). The van der Waals surface area contributed by atoms with Gasteiger partial charge in [-0.2, -0.15) is 0 Å². The molecule has 6 heteroatoms. The molecule has 2 aromatic carbocycles. The molecule has 0 aliphatic heterocycles. The molecule has 4 nitrogen and oxygen atoms in total. The maximum Gasteiger partial charge on any atom is 0.258 e. The normalized spacial score (nSPS) is 10.5. The molecule has 0 saturated heterocycles. The molecule has 3 rings (SSSR count). The summed E-state index contributed by atoms with van der Waals surface area (Å²) in [6, 6.07) is 11.2. The van der Waals surface area contributed by atoms with E-state index in [4.69, 9.17) is 11.6 Å². The second-order valence-electron chi connectivity index (χ2n) is 5.22. The Morgan fingerprint density at radius 1 is 1.12 bits per heavy atom. The summed E-state index contributed by atoms with van der Waals surface area (Å²) in [7, 11) is 0. The molecule has 120 valence electrons. The summed E-state index contributed by atoms with van der Waals surface area (Å²) in [5, 5.41) is 3.39. The second-order valence-corrected chi connectivity index (χ2v) is 5.66. The molecule has 0 radical (unpaired) electrons. The Bertz CT molecular complexity index is 897. The van der Waals surface area contributed by atoms with Crippen LogP contribution in [0.4, 0.5) is 10.1 Å². The van der Waals surface area contributed by atoms with Crippen molar-refractivity contribution in [3.05, 3.63) is 76.8 Å². The van der Waals surface area contributed by atoms with Crippen LogP contribution in [0.3, 0.4) is 0 Å². The highest BCUT2D eigenvalue weighted by Crippen LogP contribution is 2.20. The van der Waals surface area contributed by atoms with Crippen molar-refractivity contribution in [2.45, 2.75) is 6.92 Å². The quantitative estimate of drug-likeness (QED) is 0.763. The number of benzene rings is 2. The molecule has 0 atom stereocenters. The van der Waals surface area contributed by atoms with Gasteiger partial charge in [0.25, 0.3) is 5.91 Å². The monoisotopic (exact) mass is 341 g/mol. The minimum Gasteiger partial charge on any atom is -0.322 e. The van der Waals surface area contributed by atoms with Crippen LogP contribution >= 0.6 is 11.6 Å². The highest BCUT2D eigenvalue weighted by Gasteiger charge is 2.10. The summed E-state index contributed by atoms with van der Waals surface area (Å²) in [6.07, 6.45) is 2.82. The van der Waals surface area contributed by atoms with Crippen LogP contribution in [0.2, 0.25) is 5.02 Å². The molecule has 0 saturated carbocycles. The van der Waals surface area contributed by atoms with E-state index >= 15 is 0 Å². The molecule has 1 aromatic heterocycles. The molecule has 1 N–H and O–H groups in total. The number of carbonyl (C=O) groups is 1. The third kappa shape index (κ3) is 3.58.